The van der Waals surface area contributed by atoms with Gasteiger partial charge in [-0.15, -0.1) is 0 Å². The molecule has 0 aromatic heterocycles. The highest BCUT2D eigenvalue weighted by Gasteiger charge is 2.09. The van der Waals surface area contributed by atoms with Gasteiger partial charge < -0.3 is 5.32 Å². The van der Waals surface area contributed by atoms with Crippen molar-refractivity contribution < 1.29 is 13.7 Å². The average Bonchev–Trinajstić information content (AvgIpc) is 2.42. The molecule has 0 spiro atoms. The highest BCUT2D eigenvalue weighted by Crippen LogP contribution is 2.26. The molecule has 21 heavy (non-hydrogen) atoms. The van der Waals surface area contributed by atoms with Gasteiger partial charge in [0.2, 0.25) is 0 Å². The third-order valence-corrected chi connectivity index (χ3v) is 3.49. The molecule has 0 heterocycles. The SMILES string of the molecule is O=[N+]([O-])c1ccc(CCNc2c(F)cc(F)cc2Br)cc1. The lowest BCUT2D eigenvalue weighted by Gasteiger charge is -2.10. The molecule has 0 fully saturated rings. The predicted molar refractivity (Wildman–Crippen MR) is 79.3 cm³/mol. The van der Waals surface area contributed by atoms with Gasteiger partial charge in [0, 0.05) is 29.2 Å². The number of nitrogens with one attached hydrogen (secondary N) is 1. The van der Waals surface area contributed by atoms with E-state index in [9.17, 15) is 18.9 Å². The summed E-state index contributed by atoms with van der Waals surface area (Å²) >= 11 is 3.09. The summed E-state index contributed by atoms with van der Waals surface area (Å²) in [5.74, 6) is -1.33. The summed E-state index contributed by atoms with van der Waals surface area (Å²) in [4.78, 5) is 10.1. The normalized spacial score (nSPS) is 10.4. The van der Waals surface area contributed by atoms with Gasteiger partial charge in [-0.25, -0.2) is 8.78 Å². The molecule has 0 radical (unpaired) electrons. The number of benzene rings is 2. The number of nitrogens with zero attached hydrogens (tertiary/aromatic N) is 1. The van der Waals surface area contributed by atoms with Crippen molar-refractivity contribution in [2.45, 2.75) is 6.42 Å². The van der Waals surface area contributed by atoms with Gasteiger partial charge in [0.05, 0.1) is 10.6 Å². The first-order valence-electron chi connectivity index (χ1n) is 6.09. The van der Waals surface area contributed by atoms with Gasteiger partial charge in [-0.3, -0.25) is 10.1 Å². The van der Waals surface area contributed by atoms with Crippen molar-refractivity contribution in [3.8, 4) is 0 Å². The Kier molecular flexibility index (Phi) is 4.85. The molecule has 0 unspecified atom stereocenters. The van der Waals surface area contributed by atoms with E-state index in [4.69, 9.17) is 0 Å². The van der Waals surface area contributed by atoms with E-state index >= 15 is 0 Å². The molecule has 0 saturated heterocycles. The molecular weight excluding hydrogens is 346 g/mol. The van der Waals surface area contributed by atoms with Gasteiger partial charge in [-0.2, -0.15) is 0 Å². The highest BCUT2D eigenvalue weighted by molar-refractivity contribution is 9.10. The Hall–Kier alpha value is -2.02. The van der Waals surface area contributed by atoms with Crippen LogP contribution in [0.3, 0.4) is 0 Å². The first kappa shape index (κ1) is 15.4. The fraction of sp³-hybridized carbons (Fsp3) is 0.143. The standard InChI is InChI=1S/C14H11BrF2N2O2/c15-12-7-10(16)8-13(17)14(12)18-6-5-9-1-3-11(4-2-9)19(20)21/h1-4,7-8,18H,5-6H2. The Balaban J connectivity index is 1.97. The lowest BCUT2D eigenvalue weighted by atomic mass is 10.1. The average molecular weight is 357 g/mol. The van der Waals surface area contributed by atoms with E-state index in [1.807, 2.05) is 0 Å². The molecule has 0 aliphatic heterocycles. The number of halogens is 3. The number of anilines is 1. The van der Waals surface area contributed by atoms with Crippen LogP contribution in [-0.2, 0) is 6.42 Å². The van der Waals surface area contributed by atoms with E-state index in [1.165, 1.54) is 18.2 Å². The Bertz CT molecular complexity index is 640. The second kappa shape index (κ2) is 6.62. The van der Waals surface area contributed by atoms with E-state index < -0.39 is 16.6 Å². The van der Waals surface area contributed by atoms with Crippen molar-refractivity contribution in [3.63, 3.8) is 0 Å². The highest BCUT2D eigenvalue weighted by atomic mass is 79.9. The van der Waals surface area contributed by atoms with E-state index in [-0.39, 0.29) is 11.4 Å². The molecule has 0 saturated carbocycles. The number of hydrogen-bond donors (Lipinski definition) is 1. The maximum Gasteiger partial charge on any atom is 0.269 e. The summed E-state index contributed by atoms with van der Waals surface area (Å²) in [5, 5.41) is 13.4. The van der Waals surface area contributed by atoms with E-state index in [2.05, 4.69) is 21.2 Å². The topological polar surface area (TPSA) is 55.2 Å². The number of nitro benzene ring substituents is 1. The molecule has 110 valence electrons. The molecule has 0 atom stereocenters. The Morgan fingerprint density at radius 3 is 2.43 bits per heavy atom. The first-order valence-corrected chi connectivity index (χ1v) is 6.88. The van der Waals surface area contributed by atoms with Crippen molar-refractivity contribution in [1.82, 2.24) is 0 Å². The van der Waals surface area contributed by atoms with Gasteiger partial charge in [-0.1, -0.05) is 12.1 Å². The molecule has 0 aliphatic rings. The van der Waals surface area contributed by atoms with Crippen molar-refractivity contribution in [2.24, 2.45) is 0 Å². The van der Waals surface area contributed by atoms with Crippen LogP contribution in [0.5, 0.6) is 0 Å². The summed E-state index contributed by atoms with van der Waals surface area (Å²) in [6.45, 7) is 0.416. The fourth-order valence-electron chi connectivity index (χ4n) is 1.83. The number of rotatable bonds is 5. The van der Waals surface area contributed by atoms with Crippen LogP contribution in [0, 0.1) is 21.7 Å². The second-order valence-electron chi connectivity index (χ2n) is 4.34. The van der Waals surface area contributed by atoms with Crippen LogP contribution in [0.4, 0.5) is 20.2 Å². The zero-order chi connectivity index (χ0) is 15.4. The van der Waals surface area contributed by atoms with Crippen LogP contribution in [0.1, 0.15) is 5.56 Å². The molecule has 0 amide bonds. The van der Waals surface area contributed by atoms with Crippen LogP contribution in [0.25, 0.3) is 0 Å². The smallest absolute Gasteiger partial charge is 0.269 e. The summed E-state index contributed by atoms with van der Waals surface area (Å²) < 4.78 is 26.8. The van der Waals surface area contributed by atoms with Crippen LogP contribution in [-0.4, -0.2) is 11.5 Å². The summed E-state index contributed by atoms with van der Waals surface area (Å²) in [6.07, 6.45) is 0.557. The molecule has 2 aromatic rings. The van der Waals surface area contributed by atoms with Gasteiger partial charge in [-0.05, 0) is 34.0 Å². The summed E-state index contributed by atoms with van der Waals surface area (Å²) in [5.41, 5.74) is 1.10. The zero-order valence-electron chi connectivity index (χ0n) is 10.8. The van der Waals surface area contributed by atoms with Crippen LogP contribution < -0.4 is 5.32 Å². The van der Waals surface area contributed by atoms with E-state index in [0.29, 0.717) is 17.4 Å². The number of hydrogen-bond acceptors (Lipinski definition) is 3. The Morgan fingerprint density at radius 2 is 1.86 bits per heavy atom. The van der Waals surface area contributed by atoms with Crippen molar-refractivity contribution >= 4 is 27.3 Å². The minimum Gasteiger partial charge on any atom is -0.381 e. The first-order chi connectivity index (χ1) is 9.97. The summed E-state index contributed by atoms with van der Waals surface area (Å²) in [6, 6.07) is 8.12. The lowest BCUT2D eigenvalue weighted by molar-refractivity contribution is -0.384. The third-order valence-electron chi connectivity index (χ3n) is 2.87. The summed E-state index contributed by atoms with van der Waals surface area (Å²) in [7, 11) is 0. The minimum absolute atomic E-state index is 0.0269. The quantitative estimate of drug-likeness (QED) is 0.642. The maximum atomic E-state index is 13.6. The van der Waals surface area contributed by atoms with E-state index in [0.717, 1.165) is 11.6 Å². The Labute approximate surface area is 128 Å². The number of non-ortho nitro benzene ring substituents is 1. The molecule has 0 bridgehead atoms. The molecular formula is C14H11BrF2N2O2. The van der Waals surface area contributed by atoms with Crippen molar-refractivity contribution in [3.05, 3.63) is 68.2 Å². The van der Waals surface area contributed by atoms with Gasteiger partial charge in [0.15, 0.2) is 0 Å². The third kappa shape index (κ3) is 3.98. The monoisotopic (exact) mass is 356 g/mol. The van der Waals surface area contributed by atoms with E-state index in [1.54, 1.807) is 12.1 Å². The van der Waals surface area contributed by atoms with Gasteiger partial charge in [0.25, 0.3) is 5.69 Å². The maximum absolute atomic E-state index is 13.6. The largest absolute Gasteiger partial charge is 0.381 e. The van der Waals surface area contributed by atoms with Crippen LogP contribution in [0.15, 0.2) is 40.9 Å². The second-order valence-corrected chi connectivity index (χ2v) is 5.20. The van der Waals surface area contributed by atoms with Crippen LogP contribution in [0.2, 0.25) is 0 Å². The molecule has 2 rings (SSSR count). The van der Waals surface area contributed by atoms with Gasteiger partial charge >= 0.3 is 0 Å². The molecule has 1 N–H and O–H groups in total. The lowest BCUT2D eigenvalue weighted by Crippen LogP contribution is -2.07. The minimum atomic E-state index is -0.675. The van der Waals surface area contributed by atoms with Crippen LogP contribution >= 0.6 is 15.9 Å². The predicted octanol–water partition coefficient (Wildman–Crippen LogP) is 4.29. The van der Waals surface area contributed by atoms with Crippen molar-refractivity contribution in [2.75, 3.05) is 11.9 Å². The molecule has 2 aromatic carbocycles. The molecule has 7 heteroatoms. The molecule has 0 aliphatic carbocycles. The zero-order valence-corrected chi connectivity index (χ0v) is 12.4. The molecule has 4 nitrogen and oxygen atoms in total. The number of nitro groups is 1. The Morgan fingerprint density at radius 1 is 1.19 bits per heavy atom. The van der Waals surface area contributed by atoms with Crippen molar-refractivity contribution in [1.29, 1.82) is 0 Å². The van der Waals surface area contributed by atoms with Gasteiger partial charge in [0.1, 0.15) is 11.6 Å². The fourth-order valence-corrected chi connectivity index (χ4v) is 2.38.